The Kier molecular flexibility index (Phi) is 5.83. The molecule has 0 spiro atoms. The van der Waals surface area contributed by atoms with E-state index in [1.54, 1.807) is 0 Å². The molecule has 0 radical (unpaired) electrons. The van der Waals surface area contributed by atoms with Crippen molar-refractivity contribution in [3.8, 4) is 0 Å². The molecule has 4 heteroatoms. The summed E-state index contributed by atoms with van der Waals surface area (Å²) >= 11 is 5.92. The molecule has 0 unspecified atom stereocenters. The second-order valence-corrected chi connectivity index (χ2v) is 5.85. The van der Waals surface area contributed by atoms with E-state index < -0.39 is 0 Å². The van der Waals surface area contributed by atoms with E-state index in [9.17, 15) is 0 Å². The van der Waals surface area contributed by atoms with Crippen molar-refractivity contribution < 1.29 is 0 Å². The normalized spacial score (nSPS) is 12.8. The Hall–Kier alpha value is -1.32. The van der Waals surface area contributed by atoms with E-state index >= 15 is 0 Å². The predicted octanol–water partition coefficient (Wildman–Crippen LogP) is 4.75. The summed E-state index contributed by atoms with van der Waals surface area (Å²) in [6.45, 7) is 7.34. The summed E-state index contributed by atoms with van der Waals surface area (Å²) in [7, 11) is 0. The first-order valence-corrected chi connectivity index (χ1v) is 8.04. The molecule has 3 nitrogen and oxygen atoms in total. The predicted molar refractivity (Wildman–Crippen MR) is 88.6 cm³/mol. The van der Waals surface area contributed by atoms with Gasteiger partial charge in [0.25, 0.3) is 0 Å². The molecule has 1 N–H and O–H groups in total. The van der Waals surface area contributed by atoms with Gasteiger partial charge in [-0.2, -0.15) is 5.10 Å². The second kappa shape index (κ2) is 7.62. The maximum Gasteiger partial charge on any atom is 0.0762 e. The maximum atomic E-state index is 5.92. The highest BCUT2D eigenvalue weighted by atomic mass is 35.5. The van der Waals surface area contributed by atoms with Gasteiger partial charge >= 0.3 is 0 Å². The van der Waals surface area contributed by atoms with Crippen molar-refractivity contribution in [1.29, 1.82) is 0 Å². The quantitative estimate of drug-likeness (QED) is 0.800. The summed E-state index contributed by atoms with van der Waals surface area (Å²) in [5.41, 5.74) is 2.32. The molecule has 0 fully saturated rings. The molecule has 0 saturated carbocycles. The molecule has 0 aliphatic heterocycles. The first-order valence-electron chi connectivity index (χ1n) is 7.66. The Morgan fingerprint density at radius 3 is 2.43 bits per heavy atom. The number of nitrogens with zero attached hydrogens (tertiary/aromatic N) is 2. The molecule has 1 heterocycles. The van der Waals surface area contributed by atoms with Crippen LogP contribution in [0.2, 0.25) is 5.02 Å². The fourth-order valence-electron chi connectivity index (χ4n) is 2.46. The summed E-state index contributed by atoms with van der Waals surface area (Å²) in [5.74, 6) is 0. The SMILES string of the molecule is CCC(CC)n1ccc(CN[C@@H](C)c2ccc(Cl)cc2)n1. The molecule has 0 aliphatic carbocycles. The number of rotatable bonds is 7. The zero-order chi connectivity index (χ0) is 15.2. The lowest BCUT2D eigenvalue weighted by Crippen LogP contribution is -2.18. The van der Waals surface area contributed by atoms with Crippen molar-refractivity contribution in [2.75, 3.05) is 0 Å². The molecule has 0 amide bonds. The molecule has 2 rings (SSSR count). The van der Waals surface area contributed by atoms with E-state index in [1.807, 2.05) is 12.1 Å². The van der Waals surface area contributed by atoms with Crippen LogP contribution in [-0.4, -0.2) is 9.78 Å². The van der Waals surface area contributed by atoms with Gasteiger partial charge in [-0.05, 0) is 43.5 Å². The number of nitrogens with one attached hydrogen (secondary N) is 1. The van der Waals surface area contributed by atoms with Crippen LogP contribution < -0.4 is 5.32 Å². The molecule has 21 heavy (non-hydrogen) atoms. The Balaban J connectivity index is 1.92. The van der Waals surface area contributed by atoms with E-state index in [1.165, 1.54) is 5.56 Å². The van der Waals surface area contributed by atoms with Crippen LogP contribution in [0.15, 0.2) is 36.5 Å². The molecule has 0 saturated heterocycles. The lowest BCUT2D eigenvalue weighted by Gasteiger charge is -2.14. The van der Waals surface area contributed by atoms with Crippen molar-refractivity contribution in [1.82, 2.24) is 15.1 Å². The largest absolute Gasteiger partial charge is 0.304 e. The fourth-order valence-corrected chi connectivity index (χ4v) is 2.59. The minimum absolute atomic E-state index is 0.278. The molecule has 2 aromatic rings. The maximum absolute atomic E-state index is 5.92. The summed E-state index contributed by atoms with van der Waals surface area (Å²) in [5, 5.41) is 8.94. The van der Waals surface area contributed by atoms with E-state index in [-0.39, 0.29) is 6.04 Å². The van der Waals surface area contributed by atoms with E-state index in [0.29, 0.717) is 6.04 Å². The van der Waals surface area contributed by atoms with Crippen LogP contribution in [-0.2, 0) is 6.54 Å². The van der Waals surface area contributed by atoms with Crippen molar-refractivity contribution in [3.63, 3.8) is 0 Å². The smallest absolute Gasteiger partial charge is 0.0762 e. The van der Waals surface area contributed by atoms with Crippen molar-refractivity contribution in [2.24, 2.45) is 0 Å². The summed E-state index contributed by atoms with van der Waals surface area (Å²) < 4.78 is 2.09. The third-order valence-corrected chi connectivity index (χ3v) is 4.19. The first kappa shape index (κ1) is 16.1. The van der Waals surface area contributed by atoms with Crippen molar-refractivity contribution in [2.45, 2.75) is 52.2 Å². The minimum atomic E-state index is 0.278. The summed E-state index contributed by atoms with van der Waals surface area (Å²) in [6.07, 6.45) is 4.32. The topological polar surface area (TPSA) is 29.9 Å². The molecule has 1 aromatic heterocycles. The van der Waals surface area contributed by atoms with Gasteiger partial charge in [-0.3, -0.25) is 4.68 Å². The Morgan fingerprint density at radius 1 is 1.14 bits per heavy atom. The van der Waals surface area contributed by atoms with E-state index in [0.717, 1.165) is 30.1 Å². The van der Waals surface area contributed by atoms with E-state index in [4.69, 9.17) is 11.6 Å². The monoisotopic (exact) mass is 305 g/mol. The summed E-state index contributed by atoms with van der Waals surface area (Å²) in [4.78, 5) is 0. The average molecular weight is 306 g/mol. The van der Waals surface area contributed by atoms with Crippen LogP contribution in [0.3, 0.4) is 0 Å². The molecule has 0 bridgehead atoms. The molecular formula is C17H24ClN3. The lowest BCUT2D eigenvalue weighted by molar-refractivity contribution is 0.423. The van der Waals surface area contributed by atoms with Gasteiger partial charge in [-0.15, -0.1) is 0 Å². The number of halogens is 1. The van der Waals surface area contributed by atoms with Crippen LogP contribution in [0.25, 0.3) is 0 Å². The van der Waals surface area contributed by atoms with Crippen LogP contribution in [0.1, 0.15) is 57.0 Å². The van der Waals surface area contributed by atoms with Gasteiger partial charge in [0.2, 0.25) is 0 Å². The van der Waals surface area contributed by atoms with E-state index in [2.05, 4.69) is 60.3 Å². The van der Waals surface area contributed by atoms with Gasteiger partial charge in [0.1, 0.15) is 0 Å². The second-order valence-electron chi connectivity index (χ2n) is 5.41. The third kappa shape index (κ3) is 4.32. The molecule has 0 aliphatic rings. The van der Waals surface area contributed by atoms with Crippen LogP contribution in [0, 0.1) is 0 Å². The highest BCUT2D eigenvalue weighted by Crippen LogP contribution is 2.17. The minimum Gasteiger partial charge on any atom is -0.304 e. The van der Waals surface area contributed by atoms with Crippen LogP contribution >= 0.6 is 11.6 Å². The van der Waals surface area contributed by atoms with Gasteiger partial charge in [0, 0.05) is 23.8 Å². The number of hydrogen-bond donors (Lipinski definition) is 1. The Morgan fingerprint density at radius 2 is 1.81 bits per heavy atom. The van der Waals surface area contributed by atoms with Gasteiger partial charge in [0.05, 0.1) is 11.7 Å². The highest BCUT2D eigenvalue weighted by Gasteiger charge is 2.09. The highest BCUT2D eigenvalue weighted by molar-refractivity contribution is 6.30. The standard InChI is InChI=1S/C17H24ClN3/c1-4-17(5-2)21-11-10-16(20-21)12-19-13(3)14-6-8-15(18)9-7-14/h6-11,13,17,19H,4-5,12H2,1-3H3/t13-/m0/s1. The van der Waals surface area contributed by atoms with Crippen LogP contribution in [0.4, 0.5) is 0 Å². The molecule has 114 valence electrons. The van der Waals surface area contributed by atoms with Crippen molar-refractivity contribution >= 4 is 11.6 Å². The fraction of sp³-hybridized carbons (Fsp3) is 0.471. The zero-order valence-electron chi connectivity index (χ0n) is 13.0. The lowest BCUT2D eigenvalue weighted by atomic mass is 10.1. The average Bonchev–Trinajstić information content (AvgIpc) is 2.96. The van der Waals surface area contributed by atoms with Gasteiger partial charge in [-0.25, -0.2) is 0 Å². The van der Waals surface area contributed by atoms with Crippen LogP contribution in [0.5, 0.6) is 0 Å². The number of aromatic nitrogens is 2. The van der Waals surface area contributed by atoms with Gasteiger partial charge in [0.15, 0.2) is 0 Å². The molecule has 1 atom stereocenters. The Labute approximate surface area is 132 Å². The zero-order valence-corrected chi connectivity index (χ0v) is 13.8. The summed E-state index contributed by atoms with van der Waals surface area (Å²) in [6, 6.07) is 10.9. The Bertz CT molecular complexity index is 543. The first-order chi connectivity index (χ1) is 10.1. The molecular weight excluding hydrogens is 282 g/mol. The van der Waals surface area contributed by atoms with Gasteiger partial charge < -0.3 is 5.32 Å². The third-order valence-electron chi connectivity index (χ3n) is 3.94. The van der Waals surface area contributed by atoms with Gasteiger partial charge in [-0.1, -0.05) is 37.6 Å². The number of hydrogen-bond acceptors (Lipinski definition) is 2. The van der Waals surface area contributed by atoms with Crippen molar-refractivity contribution in [3.05, 3.63) is 52.8 Å². The molecule has 1 aromatic carbocycles. The number of benzene rings is 1.